The third-order valence-electron chi connectivity index (χ3n) is 6.42. The van der Waals surface area contributed by atoms with Crippen LogP contribution >= 0.6 is 34.8 Å². The summed E-state index contributed by atoms with van der Waals surface area (Å²) in [6.45, 7) is 4.32. The van der Waals surface area contributed by atoms with Crippen LogP contribution in [0.2, 0.25) is 0 Å². The van der Waals surface area contributed by atoms with Crippen LogP contribution in [0.15, 0.2) is 0 Å². The fourth-order valence-electron chi connectivity index (χ4n) is 4.82. The van der Waals surface area contributed by atoms with Crippen molar-refractivity contribution in [3.05, 3.63) is 0 Å². The molecule has 49 heavy (non-hydrogen) atoms. The number of aliphatic hydroxyl groups excluding tert-OH is 1. The van der Waals surface area contributed by atoms with Crippen LogP contribution < -0.4 is 10.6 Å². The maximum Gasteiger partial charge on any atom is 0.407 e. The van der Waals surface area contributed by atoms with Crippen LogP contribution in [0.3, 0.4) is 0 Å². The van der Waals surface area contributed by atoms with Crippen molar-refractivity contribution in [3.63, 3.8) is 0 Å². The number of carbonyl (C=O) groups is 7. The first-order chi connectivity index (χ1) is 22.7. The van der Waals surface area contributed by atoms with E-state index in [4.69, 9.17) is 77.4 Å². The molecule has 2 rings (SSSR count). The molecule has 0 bridgehead atoms. The van der Waals surface area contributed by atoms with Crippen molar-refractivity contribution < 1.29 is 81.3 Å². The Balaban J connectivity index is 2.55. The van der Waals surface area contributed by atoms with Crippen LogP contribution in [-0.4, -0.2) is 132 Å². The number of ether oxygens (including phenoxy) is 9. The predicted octanol–water partition coefficient (Wildman–Crippen LogP) is -0.295. The smallest absolute Gasteiger partial charge is 0.407 e. The Morgan fingerprint density at radius 1 is 0.633 bits per heavy atom. The third-order valence-corrected chi connectivity index (χ3v) is 6.74. The lowest BCUT2D eigenvalue weighted by Crippen LogP contribution is -2.68. The minimum absolute atomic E-state index is 0.572. The lowest BCUT2D eigenvalue weighted by atomic mass is 9.95. The molecule has 2 saturated heterocycles. The minimum atomic E-state index is -2.03. The van der Waals surface area contributed by atoms with E-state index in [1.807, 2.05) is 0 Å². The van der Waals surface area contributed by atoms with E-state index in [-0.39, 0.29) is 0 Å². The van der Waals surface area contributed by atoms with E-state index in [0.717, 1.165) is 41.5 Å². The summed E-state index contributed by atoms with van der Waals surface area (Å²) in [4.78, 5) is 84.7. The number of aliphatic hydroxyl groups is 1. The van der Waals surface area contributed by atoms with Crippen LogP contribution in [0.25, 0.3) is 0 Å². The second kappa shape index (κ2) is 18.7. The molecule has 0 radical (unpaired) electrons. The Kier molecular flexibility index (Phi) is 16.0. The summed E-state index contributed by atoms with van der Waals surface area (Å²) in [6, 6.07) is -3.00. The molecule has 0 aromatic carbocycles. The van der Waals surface area contributed by atoms with Gasteiger partial charge in [0.15, 0.2) is 37.0 Å². The summed E-state index contributed by atoms with van der Waals surface area (Å²) in [5.74, 6) is -4.95. The SMILES string of the molecule is CC(=O)N[C@@H]1[C@@H](OC(C)=O)[C@H](OC(C)=O)[C@@H](CO[C@@H]2O[C@H](COC(C)=O)[C@@H](OC(C)=O)[C@H](OC(C)=O)[C@H]2NC(=O)OCC(Cl)(Cl)Cl)O[C@@H]1O. The van der Waals surface area contributed by atoms with Gasteiger partial charge in [-0.15, -0.1) is 0 Å². The van der Waals surface area contributed by atoms with Gasteiger partial charge in [-0.05, 0) is 0 Å². The van der Waals surface area contributed by atoms with Gasteiger partial charge in [0, 0.05) is 41.5 Å². The molecule has 2 aliphatic heterocycles. The average Bonchev–Trinajstić information content (AvgIpc) is 2.94. The number of nitrogens with one attached hydrogen (secondary N) is 2. The molecule has 2 heterocycles. The number of carbonyl (C=O) groups excluding carboxylic acids is 7. The highest BCUT2D eigenvalue weighted by molar-refractivity contribution is 6.67. The number of hydrogen-bond acceptors (Lipinski definition) is 17. The number of amides is 2. The largest absolute Gasteiger partial charge is 0.463 e. The summed E-state index contributed by atoms with van der Waals surface area (Å²) in [5, 5.41) is 15.5. The highest BCUT2D eigenvalue weighted by Crippen LogP contribution is 2.31. The van der Waals surface area contributed by atoms with Crippen LogP contribution in [-0.2, 0) is 71.4 Å². The maximum absolute atomic E-state index is 12.8. The number of hydrogen-bond donors (Lipinski definition) is 3. The molecule has 19 nitrogen and oxygen atoms in total. The number of alkyl halides is 3. The van der Waals surface area contributed by atoms with Crippen molar-refractivity contribution in [1.82, 2.24) is 10.6 Å². The van der Waals surface area contributed by atoms with Gasteiger partial charge in [-0.3, -0.25) is 28.8 Å². The molecule has 10 atom stereocenters. The van der Waals surface area contributed by atoms with Crippen molar-refractivity contribution in [2.24, 2.45) is 0 Å². The Morgan fingerprint density at radius 2 is 1.10 bits per heavy atom. The van der Waals surface area contributed by atoms with Gasteiger partial charge in [-0.2, -0.15) is 0 Å². The molecule has 0 aromatic rings. The lowest BCUT2D eigenvalue weighted by molar-refractivity contribution is -0.302. The fraction of sp³-hybridized carbons (Fsp3) is 0.741. The first kappa shape index (κ1) is 42.0. The molecule has 2 fully saturated rings. The standard InChI is InChI=1S/C27H37Cl3N2O17/c1-10(33)31-18-22(46-14(5)37)20(44-12(3)35)16(48-24(18)39)8-42-25-19(32-26(40)43-9-27(28,29)30)23(47-15(6)38)21(45-13(4)36)17(49-25)7-41-11(2)34/h16-25,39H,7-9H2,1-6H3,(H,31,33)(H,32,40)/t16-,17-,18-,19-,20-,21-,22-,23-,24+,25-/m1/s1. The van der Waals surface area contributed by atoms with E-state index in [2.05, 4.69) is 10.6 Å². The summed E-state index contributed by atoms with van der Waals surface area (Å²) in [5.41, 5.74) is 0. The molecule has 2 amide bonds. The van der Waals surface area contributed by atoms with E-state index in [1.54, 1.807) is 0 Å². The second-order valence-electron chi connectivity index (χ2n) is 10.6. The van der Waals surface area contributed by atoms with E-state index in [1.165, 1.54) is 0 Å². The van der Waals surface area contributed by atoms with Crippen molar-refractivity contribution in [3.8, 4) is 0 Å². The molecule has 2 aliphatic rings. The van der Waals surface area contributed by atoms with Crippen LogP contribution in [0.4, 0.5) is 4.79 Å². The molecule has 0 unspecified atom stereocenters. The Bertz CT molecular complexity index is 1230. The molecule has 22 heteroatoms. The van der Waals surface area contributed by atoms with Crippen molar-refractivity contribution >= 4 is 76.6 Å². The quantitative estimate of drug-likeness (QED) is 0.131. The van der Waals surface area contributed by atoms with Gasteiger partial charge in [0.25, 0.3) is 0 Å². The number of esters is 5. The highest BCUT2D eigenvalue weighted by atomic mass is 35.6. The van der Waals surface area contributed by atoms with Gasteiger partial charge in [-0.25, -0.2) is 4.79 Å². The van der Waals surface area contributed by atoms with Crippen molar-refractivity contribution in [2.45, 2.75) is 107 Å². The molecular formula is C27H37Cl3N2O17. The number of halogens is 3. The molecule has 3 N–H and O–H groups in total. The minimum Gasteiger partial charge on any atom is -0.463 e. The van der Waals surface area contributed by atoms with Crippen molar-refractivity contribution in [2.75, 3.05) is 19.8 Å². The number of alkyl carbamates (subject to hydrolysis) is 1. The second-order valence-corrected chi connectivity index (χ2v) is 13.1. The average molecular weight is 768 g/mol. The zero-order valence-corrected chi connectivity index (χ0v) is 29.3. The predicted molar refractivity (Wildman–Crippen MR) is 161 cm³/mol. The molecule has 278 valence electrons. The maximum atomic E-state index is 12.8. The molecule has 0 aromatic heterocycles. The highest BCUT2D eigenvalue weighted by Gasteiger charge is 2.54. The summed E-state index contributed by atoms with van der Waals surface area (Å²) >= 11 is 17.0. The van der Waals surface area contributed by atoms with Gasteiger partial charge in [0.2, 0.25) is 9.70 Å². The summed E-state index contributed by atoms with van der Waals surface area (Å²) in [7, 11) is 0. The molecular weight excluding hydrogens is 731 g/mol. The Morgan fingerprint density at radius 3 is 1.55 bits per heavy atom. The van der Waals surface area contributed by atoms with Crippen molar-refractivity contribution in [1.29, 1.82) is 0 Å². The first-order valence-corrected chi connectivity index (χ1v) is 15.5. The van der Waals surface area contributed by atoms with Gasteiger partial charge in [-0.1, -0.05) is 34.8 Å². The lowest BCUT2D eigenvalue weighted by Gasteiger charge is -2.46. The summed E-state index contributed by atoms with van der Waals surface area (Å²) < 4.78 is 46.8. The zero-order valence-electron chi connectivity index (χ0n) is 27.0. The van der Waals surface area contributed by atoms with E-state index in [9.17, 15) is 38.7 Å². The monoisotopic (exact) mass is 766 g/mol. The van der Waals surface area contributed by atoms with Crippen LogP contribution in [0.5, 0.6) is 0 Å². The van der Waals surface area contributed by atoms with Gasteiger partial charge in [0.05, 0.1) is 6.61 Å². The topological polar surface area (TPSA) is 247 Å². The van der Waals surface area contributed by atoms with E-state index >= 15 is 0 Å². The summed E-state index contributed by atoms with van der Waals surface area (Å²) in [6.07, 6.45) is -13.8. The third kappa shape index (κ3) is 13.9. The number of rotatable bonds is 12. The Hall–Kier alpha value is -3.20. The Labute approximate surface area is 294 Å². The fourth-order valence-corrected chi connectivity index (χ4v) is 4.99. The molecule has 0 spiro atoms. The normalized spacial score (nSPS) is 29.8. The van der Waals surface area contributed by atoms with Crippen LogP contribution in [0, 0.1) is 0 Å². The zero-order chi connectivity index (χ0) is 37.2. The van der Waals surface area contributed by atoms with Gasteiger partial charge >= 0.3 is 35.9 Å². The molecule has 0 aliphatic carbocycles. The molecule has 0 saturated carbocycles. The first-order valence-electron chi connectivity index (χ1n) is 14.4. The van der Waals surface area contributed by atoms with E-state index in [0.29, 0.717) is 0 Å². The van der Waals surface area contributed by atoms with E-state index < -0.39 is 127 Å². The van der Waals surface area contributed by atoms with Gasteiger partial charge < -0.3 is 58.4 Å². The van der Waals surface area contributed by atoms with Gasteiger partial charge in [0.1, 0.15) is 37.5 Å². The van der Waals surface area contributed by atoms with Crippen LogP contribution in [0.1, 0.15) is 41.5 Å².